The molecule has 0 saturated carbocycles. The quantitative estimate of drug-likeness (QED) is 0.421. The summed E-state index contributed by atoms with van der Waals surface area (Å²) in [6, 6.07) is 0. The van der Waals surface area contributed by atoms with E-state index in [1.54, 1.807) is 13.8 Å². The number of aliphatic carboxylic acids is 1. The van der Waals surface area contributed by atoms with Crippen LogP contribution in [0.5, 0.6) is 0 Å². The van der Waals surface area contributed by atoms with E-state index in [1.165, 1.54) is 0 Å². The van der Waals surface area contributed by atoms with E-state index in [1.807, 2.05) is 7.05 Å². The Morgan fingerprint density at radius 2 is 1.67 bits per heavy atom. The molecule has 0 bridgehead atoms. The van der Waals surface area contributed by atoms with E-state index in [9.17, 15) is 9.90 Å². The highest BCUT2D eigenvalue weighted by Crippen LogP contribution is 2.44. The van der Waals surface area contributed by atoms with Crippen LogP contribution >= 0.6 is 0 Å². The largest absolute Gasteiger partial charge is 0.481 e. The van der Waals surface area contributed by atoms with Crippen molar-refractivity contribution >= 4 is 5.97 Å². The Bertz CT molecular complexity index is 500. The summed E-state index contributed by atoms with van der Waals surface area (Å²) in [6.07, 6.45) is 2.48. The summed E-state index contributed by atoms with van der Waals surface area (Å²) in [5, 5.41) is 16.1. The number of rotatable bonds is 13. The van der Waals surface area contributed by atoms with Gasteiger partial charge < -0.3 is 19.9 Å². The second kappa shape index (κ2) is 8.76. The van der Waals surface area contributed by atoms with Crippen molar-refractivity contribution in [3.63, 3.8) is 0 Å². The van der Waals surface area contributed by atoms with Gasteiger partial charge in [-0.1, -0.05) is 13.8 Å². The van der Waals surface area contributed by atoms with Crippen molar-refractivity contribution in [2.24, 2.45) is 10.8 Å². The van der Waals surface area contributed by atoms with Crippen LogP contribution in [0.2, 0.25) is 0 Å². The summed E-state index contributed by atoms with van der Waals surface area (Å²) in [7, 11) is 1.97. The van der Waals surface area contributed by atoms with Crippen LogP contribution in [0, 0.1) is 10.8 Å². The van der Waals surface area contributed by atoms with E-state index in [-0.39, 0.29) is 28.9 Å². The van der Waals surface area contributed by atoms with E-state index < -0.39 is 11.4 Å². The fourth-order valence-corrected chi connectivity index (χ4v) is 3.47. The van der Waals surface area contributed by atoms with Gasteiger partial charge in [-0.25, -0.2) is 0 Å². The third-order valence-corrected chi connectivity index (χ3v) is 5.71. The van der Waals surface area contributed by atoms with Gasteiger partial charge >= 0.3 is 5.97 Å². The summed E-state index contributed by atoms with van der Waals surface area (Å²) in [6.45, 7) is 17.8. The number of carboxylic acid groups (broad SMARTS) is 1. The molecular weight excluding hydrogens is 344 g/mol. The van der Waals surface area contributed by atoms with Gasteiger partial charge in [0.05, 0.1) is 11.0 Å². The minimum absolute atomic E-state index is 0.00335. The molecule has 0 amide bonds. The Kier molecular flexibility index (Phi) is 7.90. The molecule has 160 valence electrons. The van der Waals surface area contributed by atoms with Crippen LogP contribution in [0.3, 0.4) is 0 Å². The molecule has 6 heteroatoms. The average Bonchev–Trinajstić information content (AvgIpc) is 3.26. The van der Waals surface area contributed by atoms with Gasteiger partial charge in [-0.2, -0.15) is 0 Å². The first-order chi connectivity index (χ1) is 12.1. The Labute approximate surface area is 165 Å². The first-order valence-corrected chi connectivity index (χ1v) is 10.1. The molecule has 3 N–H and O–H groups in total. The molecule has 1 heterocycles. The van der Waals surface area contributed by atoms with Crippen LogP contribution in [-0.2, 0) is 14.3 Å². The molecule has 27 heavy (non-hydrogen) atoms. The Morgan fingerprint density at radius 1 is 1.07 bits per heavy atom. The smallest absolute Gasteiger partial charge is 0.309 e. The monoisotopic (exact) mass is 386 g/mol. The maximum absolute atomic E-state index is 11.4. The molecule has 0 aromatic carbocycles. The molecule has 1 fully saturated rings. The lowest BCUT2D eigenvalue weighted by atomic mass is 9.73. The molecule has 0 aliphatic carbocycles. The van der Waals surface area contributed by atoms with Crippen LogP contribution in [0.1, 0.15) is 74.7 Å². The van der Waals surface area contributed by atoms with Crippen molar-refractivity contribution in [1.82, 2.24) is 10.6 Å². The second-order valence-electron chi connectivity index (χ2n) is 10.5. The maximum Gasteiger partial charge on any atom is 0.309 e. The highest BCUT2D eigenvalue weighted by atomic mass is 16.6. The van der Waals surface area contributed by atoms with Gasteiger partial charge in [-0.15, -0.1) is 0 Å². The number of epoxide rings is 1. The standard InChI is InChI=1S/C21H42N2O4/c1-18(2,14-19(3,4)17(24)25)15-16(27-15)23-12-10-21(7,8)26-13-11-20(5,6)22-9/h15-16,22-23H,10-14H2,1-9H3,(H,24,25). The van der Waals surface area contributed by atoms with Crippen LogP contribution < -0.4 is 10.6 Å². The van der Waals surface area contributed by atoms with E-state index >= 15 is 0 Å². The van der Waals surface area contributed by atoms with Crippen molar-refractivity contribution < 1.29 is 19.4 Å². The van der Waals surface area contributed by atoms with Gasteiger partial charge in [0.2, 0.25) is 0 Å². The molecule has 0 spiro atoms. The van der Waals surface area contributed by atoms with E-state index in [0.29, 0.717) is 6.42 Å². The maximum atomic E-state index is 11.4. The topological polar surface area (TPSA) is 83.1 Å². The number of carbonyl (C=O) groups is 1. The summed E-state index contributed by atoms with van der Waals surface area (Å²) in [4.78, 5) is 11.4. The number of carboxylic acids is 1. The third kappa shape index (κ3) is 8.06. The average molecular weight is 387 g/mol. The van der Waals surface area contributed by atoms with E-state index in [4.69, 9.17) is 9.47 Å². The fraction of sp³-hybridized carbons (Fsp3) is 0.952. The Balaban J connectivity index is 2.34. The third-order valence-electron chi connectivity index (χ3n) is 5.71. The molecular formula is C21H42N2O4. The van der Waals surface area contributed by atoms with Gasteiger partial charge in [-0.05, 0) is 73.3 Å². The zero-order valence-corrected chi connectivity index (χ0v) is 18.9. The van der Waals surface area contributed by atoms with Crippen molar-refractivity contribution in [1.29, 1.82) is 0 Å². The normalized spacial score (nSPS) is 21.4. The molecule has 1 saturated heterocycles. The molecule has 2 unspecified atom stereocenters. The molecule has 0 radical (unpaired) electrons. The van der Waals surface area contributed by atoms with Crippen molar-refractivity contribution in [2.75, 3.05) is 20.2 Å². The molecule has 1 aliphatic rings. The first kappa shape index (κ1) is 24.3. The van der Waals surface area contributed by atoms with Gasteiger partial charge in [-0.3, -0.25) is 10.1 Å². The first-order valence-electron chi connectivity index (χ1n) is 10.1. The minimum Gasteiger partial charge on any atom is -0.481 e. The highest BCUT2D eigenvalue weighted by molar-refractivity contribution is 5.73. The summed E-state index contributed by atoms with van der Waals surface area (Å²) >= 11 is 0. The summed E-state index contributed by atoms with van der Waals surface area (Å²) in [5.74, 6) is -0.763. The predicted octanol–water partition coefficient (Wildman–Crippen LogP) is 3.40. The van der Waals surface area contributed by atoms with Crippen LogP contribution in [-0.4, -0.2) is 54.7 Å². The molecule has 6 nitrogen and oxygen atoms in total. The highest BCUT2D eigenvalue weighted by Gasteiger charge is 2.52. The molecule has 1 rings (SSSR count). The second-order valence-corrected chi connectivity index (χ2v) is 10.5. The number of hydrogen-bond acceptors (Lipinski definition) is 5. The molecule has 2 atom stereocenters. The summed E-state index contributed by atoms with van der Waals surface area (Å²) in [5.41, 5.74) is -1.05. The molecule has 0 aromatic rings. The number of hydrogen-bond donors (Lipinski definition) is 3. The van der Waals surface area contributed by atoms with Crippen LogP contribution in [0.4, 0.5) is 0 Å². The Morgan fingerprint density at radius 3 is 2.19 bits per heavy atom. The fourth-order valence-electron chi connectivity index (χ4n) is 3.47. The van der Waals surface area contributed by atoms with Gasteiger partial charge in [0.1, 0.15) is 12.3 Å². The zero-order valence-electron chi connectivity index (χ0n) is 18.9. The zero-order chi connectivity index (χ0) is 21.1. The lowest BCUT2D eigenvalue weighted by Crippen LogP contribution is -2.39. The van der Waals surface area contributed by atoms with Crippen molar-refractivity contribution in [3.8, 4) is 0 Å². The van der Waals surface area contributed by atoms with Gasteiger partial charge in [0, 0.05) is 18.7 Å². The van der Waals surface area contributed by atoms with Crippen molar-refractivity contribution in [2.45, 2.75) is 98.1 Å². The van der Waals surface area contributed by atoms with E-state index in [0.717, 1.165) is 26.0 Å². The lowest BCUT2D eigenvalue weighted by Gasteiger charge is -2.31. The minimum atomic E-state index is -0.763. The van der Waals surface area contributed by atoms with E-state index in [2.05, 4.69) is 52.2 Å². The van der Waals surface area contributed by atoms with Gasteiger partial charge in [0.15, 0.2) is 0 Å². The van der Waals surface area contributed by atoms with Crippen molar-refractivity contribution in [3.05, 3.63) is 0 Å². The number of ether oxygens (including phenoxy) is 2. The SMILES string of the molecule is CNC(C)(C)CCOC(C)(C)CCNC1OC1C(C)(C)CC(C)(C)C(=O)O. The Hall–Kier alpha value is -0.690. The lowest BCUT2D eigenvalue weighted by molar-refractivity contribution is -0.148. The molecule has 0 aromatic heterocycles. The van der Waals surface area contributed by atoms with Crippen LogP contribution in [0.15, 0.2) is 0 Å². The summed E-state index contributed by atoms with van der Waals surface area (Å²) < 4.78 is 11.9. The predicted molar refractivity (Wildman–Crippen MR) is 109 cm³/mol. The number of nitrogens with one attached hydrogen (secondary N) is 2. The molecule has 1 aliphatic heterocycles. The van der Waals surface area contributed by atoms with Crippen LogP contribution in [0.25, 0.3) is 0 Å². The van der Waals surface area contributed by atoms with Gasteiger partial charge in [0.25, 0.3) is 0 Å².